The van der Waals surface area contributed by atoms with Crippen molar-refractivity contribution in [2.24, 2.45) is 5.92 Å². The molecule has 0 aliphatic rings. The van der Waals surface area contributed by atoms with E-state index >= 15 is 0 Å². The molecule has 1 N–H and O–H groups in total. The maximum absolute atomic E-state index is 11.0. The topological polar surface area (TPSA) is 47.6 Å². The Morgan fingerprint density at radius 3 is 2.75 bits per heavy atom. The molecule has 0 aromatic carbocycles. The van der Waals surface area contributed by atoms with Gasteiger partial charge in [0.1, 0.15) is 0 Å². The molecule has 0 bridgehead atoms. The second-order valence-electron chi connectivity index (χ2n) is 2.51. The van der Waals surface area contributed by atoms with Gasteiger partial charge in [0, 0.05) is 20.3 Å². The maximum Gasteiger partial charge on any atom is 0.327 e. The van der Waals surface area contributed by atoms with Crippen LogP contribution >= 0.6 is 0 Å². The molecule has 0 spiro atoms. The zero-order valence-corrected chi connectivity index (χ0v) is 7.92. The van der Waals surface area contributed by atoms with Crippen LogP contribution in [0.3, 0.4) is 0 Å². The molecule has 4 nitrogen and oxygen atoms in total. The van der Waals surface area contributed by atoms with Crippen molar-refractivity contribution in [2.75, 3.05) is 20.3 Å². The van der Waals surface area contributed by atoms with Gasteiger partial charge in [-0.05, 0) is 13.3 Å². The zero-order valence-electron chi connectivity index (χ0n) is 7.92. The quantitative estimate of drug-likeness (QED) is 0.477. The van der Waals surface area contributed by atoms with Crippen molar-refractivity contribution in [3.63, 3.8) is 0 Å². The van der Waals surface area contributed by atoms with Gasteiger partial charge >= 0.3 is 5.97 Å². The Balaban J connectivity index is 3.42. The van der Waals surface area contributed by atoms with Crippen LogP contribution in [0.5, 0.6) is 0 Å². The molecule has 0 rings (SSSR count). The lowest BCUT2D eigenvalue weighted by Crippen LogP contribution is -2.22. The fourth-order valence-corrected chi connectivity index (χ4v) is 0.723. The number of carbonyl (C=O) groups is 1. The van der Waals surface area contributed by atoms with Crippen LogP contribution in [0, 0.1) is 5.92 Å². The lowest BCUT2D eigenvalue weighted by Gasteiger charge is -2.09. The van der Waals surface area contributed by atoms with Gasteiger partial charge in [0.05, 0.1) is 5.92 Å². The van der Waals surface area contributed by atoms with Gasteiger partial charge < -0.3 is 9.57 Å². The largest absolute Gasteiger partial charge is 0.382 e. The Labute approximate surface area is 73.2 Å². The van der Waals surface area contributed by atoms with Gasteiger partial charge in [-0.1, -0.05) is 6.92 Å². The van der Waals surface area contributed by atoms with Crippen LogP contribution in [-0.2, 0) is 14.4 Å². The molecular weight excluding hydrogens is 158 g/mol. The number of rotatable bonds is 6. The second kappa shape index (κ2) is 7.06. The van der Waals surface area contributed by atoms with E-state index in [2.05, 4.69) is 10.3 Å². The summed E-state index contributed by atoms with van der Waals surface area (Å²) >= 11 is 0. The van der Waals surface area contributed by atoms with Crippen LogP contribution < -0.4 is 5.48 Å². The summed E-state index contributed by atoms with van der Waals surface area (Å²) < 4.78 is 5.10. The lowest BCUT2D eigenvalue weighted by molar-refractivity contribution is -0.155. The third-order valence-corrected chi connectivity index (χ3v) is 1.50. The van der Waals surface area contributed by atoms with Crippen LogP contribution in [0.25, 0.3) is 0 Å². The van der Waals surface area contributed by atoms with Crippen LogP contribution in [0.4, 0.5) is 0 Å². The minimum absolute atomic E-state index is 0.107. The summed E-state index contributed by atoms with van der Waals surface area (Å²) in [5, 5.41) is 0. The molecule has 0 saturated heterocycles. The normalized spacial score (nSPS) is 12.6. The monoisotopic (exact) mass is 175 g/mol. The van der Waals surface area contributed by atoms with Crippen molar-refractivity contribution in [3.05, 3.63) is 0 Å². The number of hydroxylamine groups is 1. The zero-order chi connectivity index (χ0) is 9.40. The first-order valence-corrected chi connectivity index (χ1v) is 4.17. The van der Waals surface area contributed by atoms with Gasteiger partial charge in [-0.2, -0.15) is 5.48 Å². The second-order valence-corrected chi connectivity index (χ2v) is 2.51. The Hall–Kier alpha value is -0.610. The van der Waals surface area contributed by atoms with Gasteiger partial charge in [-0.25, -0.2) is 0 Å². The average Bonchev–Trinajstić information content (AvgIpc) is 2.05. The van der Waals surface area contributed by atoms with E-state index in [9.17, 15) is 4.79 Å². The summed E-state index contributed by atoms with van der Waals surface area (Å²) in [6, 6.07) is 0. The highest BCUT2D eigenvalue weighted by Crippen LogP contribution is 2.03. The van der Waals surface area contributed by atoms with Gasteiger partial charge in [-0.15, -0.1) is 0 Å². The maximum atomic E-state index is 11.0. The molecule has 0 saturated carbocycles. The highest BCUT2D eigenvalue weighted by atomic mass is 16.7. The minimum Gasteiger partial charge on any atom is -0.382 e. The number of hydrogen-bond acceptors (Lipinski definition) is 4. The third kappa shape index (κ3) is 5.09. The molecule has 0 aromatic heterocycles. The molecule has 0 radical (unpaired) electrons. The summed E-state index contributed by atoms with van der Waals surface area (Å²) in [4.78, 5) is 15.6. The summed E-state index contributed by atoms with van der Waals surface area (Å²) in [5.41, 5.74) is 2.35. The molecule has 0 fully saturated rings. The van der Waals surface area contributed by atoms with Crippen molar-refractivity contribution in [1.82, 2.24) is 5.48 Å². The molecule has 0 heterocycles. The third-order valence-electron chi connectivity index (χ3n) is 1.50. The van der Waals surface area contributed by atoms with E-state index < -0.39 is 0 Å². The highest BCUT2D eigenvalue weighted by Gasteiger charge is 2.13. The van der Waals surface area contributed by atoms with Gasteiger partial charge in [0.25, 0.3) is 0 Å². The number of hydrogen-bond donors (Lipinski definition) is 1. The van der Waals surface area contributed by atoms with Crippen LogP contribution in [0.15, 0.2) is 0 Å². The summed E-state index contributed by atoms with van der Waals surface area (Å²) in [7, 11) is 1.56. The highest BCUT2D eigenvalue weighted by molar-refractivity contribution is 5.71. The van der Waals surface area contributed by atoms with Gasteiger partial charge in [0.15, 0.2) is 0 Å². The van der Waals surface area contributed by atoms with E-state index in [-0.39, 0.29) is 11.9 Å². The molecule has 1 atom stereocenters. The lowest BCUT2D eigenvalue weighted by atomic mass is 10.1. The van der Waals surface area contributed by atoms with Gasteiger partial charge in [0.2, 0.25) is 0 Å². The van der Waals surface area contributed by atoms with E-state index in [0.29, 0.717) is 19.6 Å². The standard InChI is InChI=1S/C8H17NO3/c1-4-11-6-5-7(2)8(10)12-9-3/h7,9H,4-6H2,1-3H3. The average molecular weight is 175 g/mol. The first kappa shape index (κ1) is 11.4. The number of ether oxygens (including phenoxy) is 1. The number of carbonyl (C=O) groups excluding carboxylic acids is 1. The van der Waals surface area contributed by atoms with E-state index in [1.54, 1.807) is 7.05 Å². The SMILES string of the molecule is CCOCCC(C)C(=O)ONC. The van der Waals surface area contributed by atoms with E-state index in [1.807, 2.05) is 13.8 Å². The van der Waals surface area contributed by atoms with Crippen molar-refractivity contribution in [2.45, 2.75) is 20.3 Å². The van der Waals surface area contributed by atoms with E-state index in [4.69, 9.17) is 4.74 Å². The Kier molecular flexibility index (Phi) is 6.70. The molecule has 0 amide bonds. The first-order valence-electron chi connectivity index (χ1n) is 4.17. The molecule has 0 aromatic rings. The molecule has 4 heteroatoms. The molecular formula is C8H17NO3. The Bertz CT molecular complexity index is 127. The van der Waals surface area contributed by atoms with E-state index in [0.717, 1.165) is 0 Å². The molecule has 1 unspecified atom stereocenters. The fraction of sp³-hybridized carbons (Fsp3) is 0.875. The van der Waals surface area contributed by atoms with Gasteiger partial charge in [-0.3, -0.25) is 4.79 Å². The predicted octanol–water partition coefficient (Wildman–Crippen LogP) is 0.727. The predicted molar refractivity (Wildman–Crippen MR) is 45.4 cm³/mol. The van der Waals surface area contributed by atoms with Crippen LogP contribution in [-0.4, -0.2) is 26.2 Å². The van der Waals surface area contributed by atoms with Crippen molar-refractivity contribution in [1.29, 1.82) is 0 Å². The minimum atomic E-state index is -0.239. The molecule has 0 aliphatic carbocycles. The smallest absolute Gasteiger partial charge is 0.327 e. The van der Waals surface area contributed by atoms with Crippen molar-refractivity contribution < 1.29 is 14.4 Å². The Morgan fingerprint density at radius 2 is 2.25 bits per heavy atom. The molecule has 0 aliphatic heterocycles. The fourth-order valence-electron chi connectivity index (χ4n) is 0.723. The molecule has 12 heavy (non-hydrogen) atoms. The van der Waals surface area contributed by atoms with Crippen LogP contribution in [0.1, 0.15) is 20.3 Å². The van der Waals surface area contributed by atoms with Crippen molar-refractivity contribution in [3.8, 4) is 0 Å². The first-order chi connectivity index (χ1) is 5.72. The van der Waals surface area contributed by atoms with Crippen LogP contribution in [0.2, 0.25) is 0 Å². The van der Waals surface area contributed by atoms with Crippen molar-refractivity contribution >= 4 is 5.97 Å². The summed E-state index contributed by atoms with van der Waals surface area (Å²) in [6.45, 7) is 5.04. The van der Waals surface area contributed by atoms with E-state index in [1.165, 1.54) is 0 Å². The molecule has 72 valence electrons. The Morgan fingerprint density at radius 1 is 1.58 bits per heavy atom. The number of nitrogens with one attached hydrogen (secondary N) is 1. The summed E-state index contributed by atoms with van der Waals surface area (Å²) in [5.74, 6) is -0.346. The summed E-state index contributed by atoms with van der Waals surface area (Å²) in [6.07, 6.45) is 0.703.